The van der Waals surface area contributed by atoms with Crippen molar-refractivity contribution < 1.29 is 9.13 Å². The minimum atomic E-state index is -0.906. The molecule has 3 aromatic rings. The van der Waals surface area contributed by atoms with E-state index in [0.29, 0.717) is 16.5 Å². The van der Waals surface area contributed by atoms with Crippen LogP contribution in [0, 0.1) is 11.2 Å². The number of H-pyrrole nitrogens is 1. The molecule has 2 heterocycles. The molecule has 0 spiro atoms. The second-order valence-electron chi connectivity index (χ2n) is 5.51. The first-order chi connectivity index (χ1) is 13.1. The van der Waals surface area contributed by atoms with Crippen LogP contribution in [-0.2, 0) is 0 Å². The first-order valence-corrected chi connectivity index (χ1v) is 8.04. The van der Waals surface area contributed by atoms with Crippen molar-refractivity contribution in [1.82, 2.24) is 15.0 Å². The highest BCUT2D eigenvalue weighted by molar-refractivity contribution is 5.86. The highest BCUT2D eigenvalue weighted by Gasteiger charge is 2.13. The van der Waals surface area contributed by atoms with E-state index in [2.05, 4.69) is 26.5 Å². The lowest BCUT2D eigenvalue weighted by Crippen LogP contribution is -2.23. The Morgan fingerprint density at radius 3 is 2.89 bits per heavy atom. The van der Waals surface area contributed by atoms with Crippen molar-refractivity contribution >= 4 is 23.3 Å². The summed E-state index contributed by atoms with van der Waals surface area (Å²) in [4.78, 5) is 26.9. The molecule has 0 aliphatic rings. The number of aliphatic imine (C=N–C) groups is 1. The summed E-state index contributed by atoms with van der Waals surface area (Å²) in [5, 5.41) is 7.88. The van der Waals surface area contributed by atoms with Crippen LogP contribution in [0.2, 0.25) is 0 Å². The summed E-state index contributed by atoms with van der Waals surface area (Å²) in [6, 6.07) is 7.07. The SMILES string of the molecule is C=CC(N=CC(C=N)Oc1nc2cnccc2c(=O)[nH]1)c1ccccc1F. The summed E-state index contributed by atoms with van der Waals surface area (Å²) < 4.78 is 19.4. The molecule has 1 aromatic carbocycles. The highest BCUT2D eigenvalue weighted by atomic mass is 19.1. The lowest BCUT2D eigenvalue weighted by Gasteiger charge is -2.12. The van der Waals surface area contributed by atoms with Crippen LogP contribution in [0.3, 0.4) is 0 Å². The van der Waals surface area contributed by atoms with Gasteiger partial charge in [-0.05, 0) is 12.1 Å². The van der Waals surface area contributed by atoms with E-state index in [0.717, 1.165) is 6.21 Å². The standard InChI is InChI=1S/C19H16FN5O2/c1-2-16(13-5-3-4-6-15(13)20)23-10-12(9-21)27-19-24-17-11-22-8-7-14(17)18(26)25-19/h2-12,16,21H,1H2,(H,24,25,26). The first-order valence-electron chi connectivity index (χ1n) is 8.04. The summed E-state index contributed by atoms with van der Waals surface area (Å²) >= 11 is 0. The van der Waals surface area contributed by atoms with E-state index < -0.39 is 18.0 Å². The molecule has 0 bridgehead atoms. The third-order valence-corrected chi connectivity index (χ3v) is 3.74. The van der Waals surface area contributed by atoms with Gasteiger partial charge >= 0.3 is 0 Å². The Morgan fingerprint density at radius 1 is 1.33 bits per heavy atom. The maximum absolute atomic E-state index is 13.9. The minimum absolute atomic E-state index is 0.0681. The van der Waals surface area contributed by atoms with Crippen LogP contribution in [0.15, 0.2) is 65.2 Å². The molecular formula is C19H16FN5O2. The third-order valence-electron chi connectivity index (χ3n) is 3.74. The number of benzene rings is 1. The van der Waals surface area contributed by atoms with Crippen LogP contribution in [0.4, 0.5) is 4.39 Å². The zero-order valence-corrected chi connectivity index (χ0v) is 14.2. The van der Waals surface area contributed by atoms with Crippen LogP contribution in [0.5, 0.6) is 6.01 Å². The van der Waals surface area contributed by atoms with E-state index >= 15 is 0 Å². The molecule has 0 saturated carbocycles. The van der Waals surface area contributed by atoms with Crippen molar-refractivity contribution in [3.8, 4) is 6.01 Å². The Bertz CT molecular complexity index is 1060. The molecule has 0 radical (unpaired) electrons. The van der Waals surface area contributed by atoms with Gasteiger partial charge in [0.1, 0.15) is 5.82 Å². The summed E-state index contributed by atoms with van der Waals surface area (Å²) in [5.41, 5.74) is 0.344. The summed E-state index contributed by atoms with van der Waals surface area (Å²) in [6.45, 7) is 3.67. The van der Waals surface area contributed by atoms with Gasteiger partial charge in [0.15, 0.2) is 6.10 Å². The molecule has 0 amide bonds. The van der Waals surface area contributed by atoms with Gasteiger partial charge in [0, 0.05) is 24.2 Å². The van der Waals surface area contributed by atoms with E-state index in [1.165, 1.54) is 30.8 Å². The molecule has 2 atom stereocenters. The predicted octanol–water partition coefficient (Wildman–Crippen LogP) is 2.85. The molecule has 0 saturated heterocycles. The molecule has 0 aliphatic heterocycles. The first kappa shape index (κ1) is 18.1. The van der Waals surface area contributed by atoms with E-state index in [1.54, 1.807) is 24.3 Å². The van der Waals surface area contributed by atoms with Gasteiger partial charge in [-0.3, -0.25) is 19.8 Å². The minimum Gasteiger partial charge on any atom is -0.450 e. The van der Waals surface area contributed by atoms with Gasteiger partial charge < -0.3 is 10.1 Å². The van der Waals surface area contributed by atoms with Gasteiger partial charge in [-0.25, -0.2) is 4.39 Å². The third kappa shape index (κ3) is 4.12. The molecule has 7 nitrogen and oxygen atoms in total. The summed E-state index contributed by atoms with van der Waals surface area (Å²) in [6.07, 6.45) is 5.83. The average Bonchev–Trinajstić information content (AvgIpc) is 2.68. The number of nitrogens with zero attached hydrogens (tertiary/aromatic N) is 3. The smallest absolute Gasteiger partial charge is 0.298 e. The highest BCUT2D eigenvalue weighted by Crippen LogP contribution is 2.21. The van der Waals surface area contributed by atoms with E-state index in [1.807, 2.05) is 0 Å². The fraction of sp³-hybridized carbons (Fsp3) is 0.105. The van der Waals surface area contributed by atoms with Crippen molar-refractivity contribution in [2.24, 2.45) is 4.99 Å². The van der Waals surface area contributed by atoms with Gasteiger partial charge in [-0.1, -0.05) is 24.3 Å². The lowest BCUT2D eigenvalue weighted by atomic mass is 10.1. The number of pyridine rings is 1. The second kappa shape index (κ2) is 8.13. The second-order valence-corrected chi connectivity index (χ2v) is 5.51. The molecule has 136 valence electrons. The number of hydrogen-bond acceptors (Lipinski definition) is 6. The zero-order valence-electron chi connectivity index (χ0n) is 14.2. The lowest BCUT2D eigenvalue weighted by molar-refractivity contribution is 0.308. The fourth-order valence-corrected chi connectivity index (χ4v) is 2.42. The molecule has 0 fully saturated rings. The number of ether oxygens (including phenoxy) is 1. The molecule has 2 unspecified atom stereocenters. The maximum Gasteiger partial charge on any atom is 0.298 e. The monoisotopic (exact) mass is 365 g/mol. The number of nitrogens with one attached hydrogen (secondary N) is 2. The van der Waals surface area contributed by atoms with Crippen LogP contribution >= 0.6 is 0 Å². The number of fused-ring (bicyclic) bond motifs is 1. The number of hydrogen-bond donors (Lipinski definition) is 2. The van der Waals surface area contributed by atoms with Crippen molar-refractivity contribution in [2.45, 2.75) is 12.1 Å². The van der Waals surface area contributed by atoms with Crippen molar-refractivity contribution in [1.29, 1.82) is 5.41 Å². The van der Waals surface area contributed by atoms with Crippen LogP contribution in [0.25, 0.3) is 10.9 Å². The Morgan fingerprint density at radius 2 is 2.15 bits per heavy atom. The van der Waals surface area contributed by atoms with Crippen molar-refractivity contribution in [2.75, 3.05) is 0 Å². The molecule has 8 heteroatoms. The Hall–Kier alpha value is -3.68. The molecule has 0 aliphatic carbocycles. The van der Waals surface area contributed by atoms with Crippen molar-refractivity contribution in [3.05, 3.63) is 77.1 Å². The largest absolute Gasteiger partial charge is 0.450 e. The topological polar surface area (TPSA) is 104 Å². The fourth-order valence-electron chi connectivity index (χ4n) is 2.42. The average molecular weight is 365 g/mol. The molecule has 2 aromatic heterocycles. The summed E-state index contributed by atoms with van der Waals surface area (Å²) in [7, 11) is 0. The Labute approximate surface area is 153 Å². The van der Waals surface area contributed by atoms with E-state index in [9.17, 15) is 9.18 Å². The van der Waals surface area contributed by atoms with Crippen LogP contribution in [0.1, 0.15) is 11.6 Å². The van der Waals surface area contributed by atoms with Crippen LogP contribution < -0.4 is 10.3 Å². The quantitative estimate of drug-likeness (QED) is 0.496. The number of rotatable bonds is 7. The number of aromatic nitrogens is 3. The van der Waals surface area contributed by atoms with Gasteiger partial charge in [0.2, 0.25) is 0 Å². The molecule has 27 heavy (non-hydrogen) atoms. The maximum atomic E-state index is 13.9. The van der Waals surface area contributed by atoms with Crippen LogP contribution in [-0.4, -0.2) is 33.5 Å². The van der Waals surface area contributed by atoms with Gasteiger partial charge in [-0.15, -0.1) is 6.58 Å². The predicted molar refractivity (Wildman–Crippen MR) is 101 cm³/mol. The zero-order chi connectivity index (χ0) is 19.2. The van der Waals surface area contributed by atoms with Gasteiger partial charge in [-0.2, -0.15) is 4.98 Å². The number of halogens is 1. The number of aromatic amines is 1. The van der Waals surface area contributed by atoms with E-state index in [4.69, 9.17) is 10.1 Å². The van der Waals surface area contributed by atoms with Crippen molar-refractivity contribution in [3.63, 3.8) is 0 Å². The molecule has 3 rings (SSSR count). The Kier molecular flexibility index (Phi) is 5.46. The Balaban J connectivity index is 1.82. The molecular weight excluding hydrogens is 349 g/mol. The van der Waals surface area contributed by atoms with E-state index in [-0.39, 0.29) is 11.6 Å². The normalized spacial score (nSPS) is 13.4. The van der Waals surface area contributed by atoms with Gasteiger partial charge in [0.25, 0.3) is 11.6 Å². The van der Waals surface area contributed by atoms with Gasteiger partial charge in [0.05, 0.1) is 23.1 Å². The molecule has 2 N–H and O–H groups in total. The summed E-state index contributed by atoms with van der Waals surface area (Å²) in [5.74, 6) is -0.403.